The first-order valence-electron chi connectivity index (χ1n) is 5.63. The summed E-state index contributed by atoms with van der Waals surface area (Å²) in [7, 11) is 0. The lowest BCUT2D eigenvalue weighted by Gasteiger charge is -2.03. The number of aromatic nitrogens is 3. The molecule has 0 bridgehead atoms. The molecule has 2 heterocycles. The van der Waals surface area contributed by atoms with Gasteiger partial charge in [0, 0.05) is 0 Å². The molecule has 0 spiro atoms. The van der Waals surface area contributed by atoms with Crippen LogP contribution in [0.15, 0.2) is 46.6 Å². The zero-order chi connectivity index (χ0) is 13.1. The first-order chi connectivity index (χ1) is 9.38. The van der Waals surface area contributed by atoms with E-state index in [-0.39, 0.29) is 5.84 Å². The van der Waals surface area contributed by atoms with Gasteiger partial charge in [-0.25, -0.2) is 9.67 Å². The number of amidine groups is 1. The van der Waals surface area contributed by atoms with E-state index in [1.54, 1.807) is 4.68 Å². The van der Waals surface area contributed by atoms with Gasteiger partial charge in [0.25, 0.3) is 0 Å². The van der Waals surface area contributed by atoms with E-state index in [2.05, 4.69) is 24.9 Å². The summed E-state index contributed by atoms with van der Waals surface area (Å²) in [6.45, 7) is 0.563. The standard InChI is InChI=1S/C12H9N7/c13-18-11-10(14-7-15-11)12-16-8-17-19(12)6-9-4-2-1-3-5-9/h1-5,7-8H,6H2. The predicted molar refractivity (Wildman–Crippen MR) is 69.2 cm³/mol. The Balaban J connectivity index is 1.94. The molecule has 0 atom stereocenters. The van der Waals surface area contributed by atoms with Crippen molar-refractivity contribution in [2.24, 2.45) is 9.98 Å². The maximum Gasteiger partial charge on any atom is 0.432 e. The predicted octanol–water partition coefficient (Wildman–Crippen LogP) is 0.786. The van der Waals surface area contributed by atoms with Gasteiger partial charge in [0.15, 0.2) is 5.82 Å². The van der Waals surface area contributed by atoms with Gasteiger partial charge in [0.05, 0.1) is 6.54 Å². The van der Waals surface area contributed by atoms with E-state index in [1.807, 2.05) is 30.3 Å². The third kappa shape index (κ3) is 2.10. The van der Waals surface area contributed by atoms with Crippen molar-refractivity contribution in [2.45, 2.75) is 6.54 Å². The van der Waals surface area contributed by atoms with Gasteiger partial charge >= 0.3 is 5.84 Å². The molecule has 1 aliphatic rings. The van der Waals surface area contributed by atoms with Crippen molar-refractivity contribution in [1.82, 2.24) is 14.8 Å². The fraction of sp³-hybridized carbons (Fsp3) is 0.0833. The molecule has 7 nitrogen and oxygen atoms in total. The van der Waals surface area contributed by atoms with E-state index >= 15 is 0 Å². The van der Waals surface area contributed by atoms with Gasteiger partial charge in [-0.3, -0.25) is 0 Å². The number of hydrogen-bond acceptors (Lipinski definition) is 3. The Labute approximate surface area is 108 Å². The van der Waals surface area contributed by atoms with Crippen LogP contribution in [0.2, 0.25) is 0 Å². The van der Waals surface area contributed by atoms with E-state index < -0.39 is 0 Å². The average molecular weight is 251 g/mol. The largest absolute Gasteiger partial charge is 0.497 e. The Morgan fingerprint density at radius 3 is 2.84 bits per heavy atom. The van der Waals surface area contributed by atoms with E-state index in [0.29, 0.717) is 18.1 Å². The molecule has 2 aromatic rings. The quantitative estimate of drug-likeness (QED) is 0.595. The number of hydrogen-bond donors (Lipinski definition) is 0. The molecular weight excluding hydrogens is 242 g/mol. The van der Waals surface area contributed by atoms with Crippen molar-refractivity contribution >= 4 is 17.9 Å². The lowest BCUT2D eigenvalue weighted by molar-refractivity contribution is -0.00276. The van der Waals surface area contributed by atoms with Crippen molar-refractivity contribution in [3.8, 4) is 0 Å². The Hall–Kier alpha value is -2.92. The Morgan fingerprint density at radius 1 is 1.21 bits per heavy atom. The number of nitrogens with zero attached hydrogens (tertiary/aromatic N) is 7. The van der Waals surface area contributed by atoms with Crippen molar-refractivity contribution in [2.75, 3.05) is 0 Å². The molecule has 1 aliphatic heterocycles. The van der Waals surface area contributed by atoms with E-state index in [4.69, 9.17) is 5.53 Å². The van der Waals surface area contributed by atoms with Gasteiger partial charge in [0.1, 0.15) is 6.33 Å². The van der Waals surface area contributed by atoms with Crippen LogP contribution in [0.25, 0.3) is 5.53 Å². The molecule has 0 amide bonds. The van der Waals surface area contributed by atoms with Crippen LogP contribution in [0, 0.1) is 0 Å². The molecule has 0 saturated carbocycles. The third-order valence-corrected chi connectivity index (χ3v) is 2.68. The molecule has 7 heteroatoms. The van der Waals surface area contributed by atoms with Crippen LogP contribution in [-0.4, -0.2) is 37.4 Å². The van der Waals surface area contributed by atoms with E-state index in [1.165, 1.54) is 12.7 Å². The maximum atomic E-state index is 8.85. The first-order valence-corrected chi connectivity index (χ1v) is 5.63. The van der Waals surface area contributed by atoms with Gasteiger partial charge < -0.3 is 10.3 Å². The molecule has 0 aliphatic carbocycles. The van der Waals surface area contributed by atoms with Gasteiger partial charge in [-0.1, -0.05) is 30.3 Å². The van der Waals surface area contributed by atoms with Crippen LogP contribution in [0.4, 0.5) is 0 Å². The van der Waals surface area contributed by atoms with Crippen LogP contribution >= 0.6 is 0 Å². The molecule has 0 saturated heterocycles. The normalized spacial score (nSPS) is 13.5. The number of aliphatic imine (C=N–C) groups is 2. The van der Waals surface area contributed by atoms with E-state index in [0.717, 1.165) is 5.56 Å². The molecule has 0 N–H and O–H groups in total. The molecule has 3 rings (SSSR count). The molecule has 92 valence electrons. The second-order valence-corrected chi connectivity index (χ2v) is 3.87. The fourth-order valence-electron chi connectivity index (χ4n) is 1.81. The van der Waals surface area contributed by atoms with Crippen LogP contribution in [0.1, 0.15) is 11.4 Å². The second-order valence-electron chi connectivity index (χ2n) is 3.87. The molecule has 0 unspecified atom stereocenters. The van der Waals surface area contributed by atoms with Crippen molar-refractivity contribution < 1.29 is 4.79 Å². The van der Waals surface area contributed by atoms with Crippen LogP contribution in [0.3, 0.4) is 0 Å². The minimum Gasteiger partial charge on any atom is -0.497 e. The minimum absolute atomic E-state index is 0.141. The van der Waals surface area contributed by atoms with Gasteiger partial charge in [0.2, 0.25) is 12.1 Å². The highest BCUT2D eigenvalue weighted by Gasteiger charge is 2.28. The summed E-state index contributed by atoms with van der Waals surface area (Å²) >= 11 is 0. The smallest absolute Gasteiger partial charge is 0.432 e. The monoisotopic (exact) mass is 251 g/mol. The minimum atomic E-state index is 0.141. The van der Waals surface area contributed by atoms with Crippen LogP contribution in [-0.2, 0) is 6.54 Å². The highest BCUT2D eigenvalue weighted by atomic mass is 15.3. The Kier molecular flexibility index (Phi) is 2.80. The molecule has 0 fully saturated rings. The van der Waals surface area contributed by atoms with Gasteiger partial charge in [-0.15, -0.1) is 0 Å². The average Bonchev–Trinajstić information content (AvgIpc) is 3.07. The van der Waals surface area contributed by atoms with E-state index in [9.17, 15) is 0 Å². The summed E-state index contributed by atoms with van der Waals surface area (Å²) < 4.78 is 1.69. The highest BCUT2D eigenvalue weighted by molar-refractivity contribution is 6.48. The summed E-state index contributed by atoms with van der Waals surface area (Å²) in [6, 6.07) is 9.88. The van der Waals surface area contributed by atoms with Crippen molar-refractivity contribution in [3.63, 3.8) is 0 Å². The lowest BCUT2D eigenvalue weighted by atomic mass is 10.2. The van der Waals surface area contributed by atoms with Crippen LogP contribution in [0.5, 0.6) is 0 Å². The Bertz CT molecular complexity index is 705. The summed E-state index contributed by atoms with van der Waals surface area (Å²) in [5, 5.41) is 4.16. The first kappa shape index (κ1) is 11.2. The molecular formula is C12H9N7. The van der Waals surface area contributed by atoms with Gasteiger partial charge in [-0.05, 0) is 10.6 Å². The second kappa shape index (κ2) is 4.75. The number of benzene rings is 1. The SMILES string of the molecule is [N-]=[N+]=C1N=CN=C1c1ncnn1Cc1ccccc1. The Morgan fingerprint density at radius 2 is 2.05 bits per heavy atom. The lowest BCUT2D eigenvalue weighted by Crippen LogP contribution is -2.18. The van der Waals surface area contributed by atoms with Gasteiger partial charge in [-0.2, -0.15) is 10.1 Å². The van der Waals surface area contributed by atoms with Crippen molar-refractivity contribution in [3.05, 3.63) is 53.6 Å². The summed E-state index contributed by atoms with van der Waals surface area (Å²) in [5.41, 5.74) is 10.4. The fourth-order valence-corrected chi connectivity index (χ4v) is 1.81. The summed E-state index contributed by atoms with van der Waals surface area (Å²) in [5.74, 6) is 0.663. The maximum absolute atomic E-state index is 8.85. The summed E-state index contributed by atoms with van der Waals surface area (Å²) in [4.78, 5) is 15.1. The molecule has 19 heavy (non-hydrogen) atoms. The van der Waals surface area contributed by atoms with Crippen LogP contribution < -0.4 is 0 Å². The molecule has 0 radical (unpaired) electrons. The number of rotatable bonds is 3. The molecule has 1 aromatic carbocycles. The zero-order valence-corrected chi connectivity index (χ0v) is 9.88. The highest BCUT2D eigenvalue weighted by Crippen LogP contribution is 2.07. The molecule has 1 aromatic heterocycles. The zero-order valence-electron chi connectivity index (χ0n) is 9.88. The summed E-state index contributed by atoms with van der Waals surface area (Å²) in [6.07, 6.45) is 2.76. The topological polar surface area (TPSA) is 91.8 Å². The third-order valence-electron chi connectivity index (χ3n) is 2.68. The van der Waals surface area contributed by atoms with Crippen molar-refractivity contribution in [1.29, 1.82) is 0 Å².